The van der Waals surface area contributed by atoms with Crippen LogP contribution in [0.1, 0.15) is 55.4 Å². The van der Waals surface area contributed by atoms with E-state index in [1.54, 1.807) is 12.4 Å². The number of benzene rings is 6. The van der Waals surface area contributed by atoms with Crippen LogP contribution >= 0.6 is 0 Å². The van der Waals surface area contributed by atoms with Crippen molar-refractivity contribution in [3.8, 4) is 56.7 Å². The zero-order chi connectivity index (χ0) is 43.6. The van der Waals surface area contributed by atoms with Gasteiger partial charge in [0.15, 0.2) is 0 Å². The average molecular weight is 992 g/mol. The number of ether oxygens (including phenoxy) is 1. The van der Waals surface area contributed by atoms with E-state index in [0.29, 0.717) is 67.5 Å². The molecule has 5 nitrogen and oxygen atoms in total. The van der Waals surface area contributed by atoms with Crippen molar-refractivity contribution in [1.29, 1.82) is 0 Å². The smallest absolute Gasteiger partial charge is 0.495 e. The number of rotatable bonds is 8. The van der Waals surface area contributed by atoms with Crippen molar-refractivity contribution in [3.05, 3.63) is 169 Å². The van der Waals surface area contributed by atoms with Crippen LogP contribution in [0.4, 0.5) is 0 Å². The van der Waals surface area contributed by atoms with Gasteiger partial charge in [0.05, 0.1) is 14.2 Å². The fourth-order valence-electron chi connectivity index (χ4n) is 8.18. The average Bonchev–Trinajstić information content (AvgIpc) is 3.79. The summed E-state index contributed by atoms with van der Waals surface area (Å²) < 4.78 is 38.5. The van der Waals surface area contributed by atoms with E-state index in [2.05, 4.69) is 77.9 Å². The van der Waals surface area contributed by atoms with Crippen LogP contribution in [0.3, 0.4) is 0 Å². The molecule has 0 atom stereocenters. The molecule has 308 valence electrons. The van der Waals surface area contributed by atoms with E-state index >= 15 is 0 Å². The Hall–Kier alpha value is -6.29. The summed E-state index contributed by atoms with van der Waals surface area (Å²) in [4.78, 5) is 9.66. The molecule has 0 amide bonds. The standard InChI is InChI=1S/C56H46N2O3.Pt/c1-55(2,3)33-35-15-19-37(20-16-35)49-31-45-47(59-49)23-25-57-53(45)41-27-39-11-7-9-13-43(39)51(29-41)61-52-30-42(28-40-12-8-10-14-44(40)52)54-46-32-50(60-48(46)24-26-58-54)38-21-17-36(18-22-38)34-56(4,5)6;/h7-28,31-32H,33-34H2,1-6H3;/q-2;+2/i31D,32D;. The van der Waals surface area contributed by atoms with Gasteiger partial charge in [-0.2, -0.15) is 0 Å². The van der Waals surface area contributed by atoms with Gasteiger partial charge in [-0.3, -0.25) is 0 Å². The molecule has 0 aliphatic rings. The van der Waals surface area contributed by atoms with Gasteiger partial charge in [-0.05, 0) is 70.4 Å². The third kappa shape index (κ3) is 8.35. The summed E-state index contributed by atoms with van der Waals surface area (Å²) in [5.41, 5.74) is 8.12. The summed E-state index contributed by atoms with van der Waals surface area (Å²) in [6.45, 7) is 13.4. The van der Waals surface area contributed by atoms with Gasteiger partial charge in [0.25, 0.3) is 0 Å². The van der Waals surface area contributed by atoms with Crippen LogP contribution in [0.5, 0.6) is 11.5 Å². The van der Waals surface area contributed by atoms with Gasteiger partial charge in [0, 0.05) is 34.3 Å². The fourth-order valence-corrected chi connectivity index (χ4v) is 8.18. The number of nitrogens with zero attached hydrogens (tertiary/aromatic N) is 2. The number of pyridine rings is 2. The summed E-state index contributed by atoms with van der Waals surface area (Å²) in [5.74, 6) is 1.96. The molecular formula is C56H46N2O3Pt. The Bertz CT molecular complexity index is 3130. The maximum atomic E-state index is 9.39. The maximum absolute atomic E-state index is 9.39. The summed E-state index contributed by atoms with van der Waals surface area (Å²) in [6, 6.07) is 48.0. The van der Waals surface area contributed by atoms with E-state index < -0.39 is 0 Å². The molecule has 0 aliphatic heterocycles. The SMILES string of the molecule is [2H]c1c(-c2ccc(CC(C)(C)C)cc2)oc2ccnc(-c3[c-]c(Oc4[c-]c(-c5nccc6oc(-c7ccc(CC(C)(C)C)cc7)c([2H])c56)cc5ccccc45)c4ccccc4c3)c12.[Pt+2]. The van der Waals surface area contributed by atoms with E-state index in [-0.39, 0.29) is 44.0 Å². The number of fused-ring (bicyclic) bond motifs is 4. The van der Waals surface area contributed by atoms with Crippen LogP contribution in [-0.2, 0) is 33.9 Å². The number of hydrogen-bond donors (Lipinski definition) is 0. The van der Waals surface area contributed by atoms with E-state index in [1.807, 2.05) is 97.1 Å². The molecule has 0 N–H and O–H groups in total. The summed E-state index contributed by atoms with van der Waals surface area (Å²) in [6.07, 6.45) is 5.33. The van der Waals surface area contributed by atoms with Crippen molar-refractivity contribution < 1.29 is 37.4 Å². The molecular weight excluding hydrogens is 944 g/mol. The number of furan rings is 2. The Morgan fingerprint density at radius 2 is 0.935 bits per heavy atom. The summed E-state index contributed by atoms with van der Waals surface area (Å²) in [7, 11) is 0. The minimum atomic E-state index is 0. The summed E-state index contributed by atoms with van der Waals surface area (Å²) >= 11 is 0. The van der Waals surface area contributed by atoms with Gasteiger partial charge in [-0.15, -0.1) is 23.3 Å². The molecule has 0 saturated heterocycles. The molecule has 62 heavy (non-hydrogen) atoms. The van der Waals surface area contributed by atoms with Gasteiger partial charge in [-0.25, -0.2) is 0 Å². The molecule has 0 fully saturated rings. The Kier molecular flexibility index (Phi) is 10.1. The zero-order valence-corrected chi connectivity index (χ0v) is 37.8. The molecule has 4 aromatic heterocycles. The first-order chi connectivity index (χ1) is 30.3. The van der Waals surface area contributed by atoms with Gasteiger partial charge >= 0.3 is 21.1 Å². The van der Waals surface area contributed by atoms with Crippen molar-refractivity contribution >= 4 is 43.5 Å². The predicted molar refractivity (Wildman–Crippen MR) is 249 cm³/mol. The second kappa shape index (κ2) is 16.2. The predicted octanol–water partition coefficient (Wildman–Crippen LogP) is 15.5. The van der Waals surface area contributed by atoms with Crippen LogP contribution in [0.25, 0.3) is 88.6 Å². The zero-order valence-electron chi connectivity index (χ0n) is 37.6. The van der Waals surface area contributed by atoms with Crippen molar-refractivity contribution in [3.63, 3.8) is 0 Å². The van der Waals surface area contributed by atoms with Gasteiger partial charge in [0.1, 0.15) is 22.7 Å². The van der Waals surface area contributed by atoms with E-state index in [9.17, 15) is 2.74 Å². The maximum Gasteiger partial charge on any atom is 2.00 e. The van der Waals surface area contributed by atoms with Crippen LogP contribution in [0.2, 0.25) is 0 Å². The second-order valence-corrected chi connectivity index (χ2v) is 18.3. The van der Waals surface area contributed by atoms with Crippen molar-refractivity contribution in [2.24, 2.45) is 10.8 Å². The van der Waals surface area contributed by atoms with Crippen LogP contribution in [0, 0.1) is 23.0 Å². The van der Waals surface area contributed by atoms with E-state index in [0.717, 1.165) is 45.5 Å². The van der Waals surface area contributed by atoms with Crippen LogP contribution in [0.15, 0.2) is 155 Å². The minimum Gasteiger partial charge on any atom is -0.495 e. The molecule has 10 rings (SSSR count). The molecule has 0 aliphatic carbocycles. The fraction of sp³-hybridized carbons (Fsp3) is 0.179. The Labute approximate surface area is 379 Å². The Morgan fingerprint density at radius 3 is 1.34 bits per heavy atom. The molecule has 6 heteroatoms. The molecule has 0 unspecified atom stereocenters. The van der Waals surface area contributed by atoms with Crippen molar-refractivity contribution in [2.75, 3.05) is 0 Å². The van der Waals surface area contributed by atoms with Crippen molar-refractivity contribution in [1.82, 2.24) is 9.97 Å². The largest absolute Gasteiger partial charge is 2.00 e. The first-order valence-corrected chi connectivity index (χ1v) is 20.8. The quantitative estimate of drug-likeness (QED) is 0.142. The van der Waals surface area contributed by atoms with E-state index in [4.69, 9.17) is 23.5 Å². The third-order valence-electron chi connectivity index (χ3n) is 10.8. The normalized spacial score (nSPS) is 12.5. The topological polar surface area (TPSA) is 61.3 Å². The molecule has 0 bridgehead atoms. The van der Waals surface area contributed by atoms with Gasteiger partial charge < -0.3 is 23.5 Å². The summed E-state index contributed by atoms with van der Waals surface area (Å²) in [5, 5.41) is 4.77. The molecule has 0 saturated carbocycles. The van der Waals surface area contributed by atoms with Crippen LogP contribution in [-0.4, -0.2) is 9.97 Å². The number of hydrogen-bond acceptors (Lipinski definition) is 5. The van der Waals surface area contributed by atoms with E-state index in [1.165, 1.54) is 11.1 Å². The number of aromatic nitrogens is 2. The third-order valence-corrected chi connectivity index (χ3v) is 10.8. The minimum absolute atomic E-state index is 0. The Balaban J connectivity index is 0.00000518. The molecule has 6 aromatic carbocycles. The second-order valence-electron chi connectivity index (χ2n) is 18.3. The van der Waals surface area contributed by atoms with Gasteiger partial charge in [-0.1, -0.05) is 172 Å². The van der Waals surface area contributed by atoms with Gasteiger partial charge in [0.2, 0.25) is 0 Å². The first kappa shape index (κ1) is 38.6. The van der Waals surface area contributed by atoms with Crippen molar-refractivity contribution in [2.45, 2.75) is 54.4 Å². The monoisotopic (exact) mass is 991 g/mol. The molecule has 4 heterocycles. The molecule has 0 radical (unpaired) electrons. The Morgan fingerprint density at radius 1 is 0.532 bits per heavy atom. The molecule has 0 spiro atoms. The first-order valence-electron chi connectivity index (χ1n) is 21.8. The molecule has 10 aromatic rings. The van der Waals surface area contributed by atoms with Crippen LogP contribution < -0.4 is 4.74 Å².